The number of carbonyl (C=O) groups is 1. The molecule has 0 N–H and O–H groups in total. The Morgan fingerprint density at radius 1 is 1.11 bits per heavy atom. The average Bonchev–Trinajstić information content (AvgIpc) is 3.28. The third kappa shape index (κ3) is 2.75. The Labute approximate surface area is 116 Å². The van der Waals surface area contributed by atoms with Gasteiger partial charge in [-0.15, -0.1) is 0 Å². The quantitative estimate of drug-likeness (QED) is 0.771. The van der Waals surface area contributed by atoms with Crippen molar-refractivity contribution < 1.29 is 4.79 Å². The second-order valence-corrected chi connectivity index (χ2v) is 6.39. The van der Waals surface area contributed by atoms with E-state index in [1.807, 2.05) is 0 Å². The zero-order chi connectivity index (χ0) is 13.2. The molecule has 19 heavy (non-hydrogen) atoms. The van der Waals surface area contributed by atoms with Crippen molar-refractivity contribution in [1.29, 1.82) is 0 Å². The van der Waals surface area contributed by atoms with Crippen molar-refractivity contribution in [2.45, 2.75) is 51.4 Å². The van der Waals surface area contributed by atoms with Crippen molar-refractivity contribution in [1.82, 2.24) is 0 Å². The van der Waals surface area contributed by atoms with Gasteiger partial charge in [0.25, 0.3) is 0 Å². The first kappa shape index (κ1) is 12.9. The highest BCUT2D eigenvalue weighted by molar-refractivity contribution is 5.87. The number of ketones is 1. The molecule has 0 aliphatic heterocycles. The van der Waals surface area contributed by atoms with Gasteiger partial charge in [-0.1, -0.05) is 43.7 Å². The molecule has 102 valence electrons. The minimum absolute atomic E-state index is 0.338. The summed E-state index contributed by atoms with van der Waals surface area (Å²) in [4.78, 5) is 12.5. The minimum atomic E-state index is 0.338. The highest BCUT2D eigenvalue weighted by Gasteiger charge is 2.46. The summed E-state index contributed by atoms with van der Waals surface area (Å²) in [6.45, 7) is 2.28. The maximum absolute atomic E-state index is 12.5. The Morgan fingerprint density at radius 2 is 1.79 bits per heavy atom. The SMILES string of the molecule is CCC1CCC(C(=O)C2CC2c2ccccc2)CC1. The molecule has 0 bridgehead atoms. The molecule has 0 radical (unpaired) electrons. The van der Waals surface area contributed by atoms with Crippen LogP contribution in [0.2, 0.25) is 0 Å². The first-order valence-corrected chi connectivity index (χ1v) is 7.88. The predicted octanol–water partition coefficient (Wildman–Crippen LogP) is 4.58. The summed E-state index contributed by atoms with van der Waals surface area (Å²) in [6, 6.07) is 10.6. The molecule has 1 aromatic carbocycles. The van der Waals surface area contributed by atoms with E-state index in [1.165, 1.54) is 24.8 Å². The van der Waals surface area contributed by atoms with Crippen molar-refractivity contribution in [2.24, 2.45) is 17.8 Å². The summed E-state index contributed by atoms with van der Waals surface area (Å²) in [5, 5.41) is 0. The molecule has 3 rings (SSSR count). The van der Waals surface area contributed by atoms with Gasteiger partial charge >= 0.3 is 0 Å². The summed E-state index contributed by atoms with van der Waals surface area (Å²) in [6.07, 6.45) is 7.23. The molecule has 0 saturated heterocycles. The molecule has 0 aromatic heterocycles. The molecular formula is C18H24O. The van der Waals surface area contributed by atoms with Crippen molar-refractivity contribution in [2.75, 3.05) is 0 Å². The van der Waals surface area contributed by atoms with Gasteiger partial charge < -0.3 is 0 Å². The van der Waals surface area contributed by atoms with Gasteiger partial charge in [-0.2, -0.15) is 0 Å². The van der Waals surface area contributed by atoms with Crippen LogP contribution in [0.25, 0.3) is 0 Å². The third-order valence-corrected chi connectivity index (χ3v) is 5.21. The van der Waals surface area contributed by atoms with E-state index in [9.17, 15) is 4.79 Å². The van der Waals surface area contributed by atoms with E-state index in [1.54, 1.807) is 0 Å². The Morgan fingerprint density at radius 3 is 2.42 bits per heavy atom. The number of rotatable bonds is 4. The average molecular weight is 256 g/mol. The summed E-state index contributed by atoms with van der Waals surface area (Å²) in [5.41, 5.74) is 1.36. The molecule has 2 aliphatic carbocycles. The summed E-state index contributed by atoms with van der Waals surface area (Å²) < 4.78 is 0. The number of hydrogen-bond donors (Lipinski definition) is 0. The van der Waals surface area contributed by atoms with Crippen LogP contribution >= 0.6 is 0 Å². The predicted molar refractivity (Wildman–Crippen MR) is 78.0 cm³/mol. The van der Waals surface area contributed by atoms with E-state index in [2.05, 4.69) is 37.3 Å². The fourth-order valence-electron chi connectivity index (χ4n) is 3.74. The minimum Gasteiger partial charge on any atom is -0.299 e. The Bertz CT molecular complexity index is 428. The van der Waals surface area contributed by atoms with Crippen molar-refractivity contribution >= 4 is 5.78 Å². The van der Waals surface area contributed by atoms with Crippen molar-refractivity contribution in [3.8, 4) is 0 Å². The highest BCUT2D eigenvalue weighted by Crippen LogP contribution is 2.50. The fourth-order valence-corrected chi connectivity index (χ4v) is 3.74. The topological polar surface area (TPSA) is 17.1 Å². The van der Waals surface area contributed by atoms with Crippen LogP contribution in [0.15, 0.2) is 30.3 Å². The lowest BCUT2D eigenvalue weighted by molar-refractivity contribution is -0.125. The zero-order valence-electron chi connectivity index (χ0n) is 11.8. The molecule has 0 amide bonds. The second kappa shape index (κ2) is 5.48. The van der Waals surface area contributed by atoms with E-state index in [0.29, 0.717) is 23.5 Å². The van der Waals surface area contributed by atoms with E-state index >= 15 is 0 Å². The molecular weight excluding hydrogens is 232 g/mol. The molecule has 2 atom stereocenters. The molecule has 2 unspecified atom stereocenters. The van der Waals surface area contributed by atoms with E-state index in [-0.39, 0.29) is 0 Å². The van der Waals surface area contributed by atoms with Gasteiger partial charge in [-0.25, -0.2) is 0 Å². The van der Waals surface area contributed by atoms with Crippen molar-refractivity contribution in [3.63, 3.8) is 0 Å². The molecule has 1 nitrogen and oxygen atoms in total. The van der Waals surface area contributed by atoms with E-state index in [4.69, 9.17) is 0 Å². The Hall–Kier alpha value is -1.11. The summed E-state index contributed by atoms with van der Waals surface area (Å²) in [5.74, 6) is 2.70. The largest absolute Gasteiger partial charge is 0.299 e. The maximum atomic E-state index is 12.5. The third-order valence-electron chi connectivity index (χ3n) is 5.21. The monoisotopic (exact) mass is 256 g/mol. The molecule has 2 saturated carbocycles. The maximum Gasteiger partial charge on any atom is 0.139 e. The Balaban J connectivity index is 1.56. The van der Waals surface area contributed by atoms with Crippen LogP contribution in [0.3, 0.4) is 0 Å². The van der Waals surface area contributed by atoms with Crippen LogP contribution in [-0.4, -0.2) is 5.78 Å². The van der Waals surface area contributed by atoms with Gasteiger partial charge in [0.15, 0.2) is 0 Å². The van der Waals surface area contributed by atoms with Gasteiger partial charge in [0.05, 0.1) is 0 Å². The lowest BCUT2D eigenvalue weighted by atomic mass is 9.78. The number of carbonyl (C=O) groups excluding carboxylic acids is 1. The lowest BCUT2D eigenvalue weighted by Gasteiger charge is -2.26. The van der Waals surface area contributed by atoms with Crippen LogP contribution in [0, 0.1) is 17.8 Å². The number of Topliss-reactive ketones (excluding diaryl/α,β-unsaturated/α-hetero) is 1. The smallest absolute Gasteiger partial charge is 0.139 e. The van der Waals surface area contributed by atoms with E-state index < -0.39 is 0 Å². The molecule has 0 spiro atoms. The van der Waals surface area contributed by atoms with E-state index in [0.717, 1.165) is 25.2 Å². The lowest BCUT2D eigenvalue weighted by Crippen LogP contribution is -2.23. The van der Waals surface area contributed by atoms with Crippen LogP contribution in [0.4, 0.5) is 0 Å². The van der Waals surface area contributed by atoms with Gasteiger partial charge in [0, 0.05) is 11.8 Å². The van der Waals surface area contributed by atoms with Crippen LogP contribution < -0.4 is 0 Å². The van der Waals surface area contributed by atoms with Crippen LogP contribution in [0.5, 0.6) is 0 Å². The molecule has 0 heterocycles. The first-order valence-electron chi connectivity index (χ1n) is 7.88. The first-order chi connectivity index (χ1) is 9.29. The number of hydrogen-bond acceptors (Lipinski definition) is 1. The standard InChI is InChI=1S/C18H24O/c1-2-13-8-10-15(11-9-13)18(19)17-12-16(17)14-6-4-3-5-7-14/h3-7,13,15-17H,2,8-12H2,1H3. The number of benzene rings is 1. The van der Waals surface area contributed by atoms with Gasteiger partial charge in [-0.05, 0) is 49.5 Å². The van der Waals surface area contributed by atoms with Crippen LogP contribution in [-0.2, 0) is 4.79 Å². The van der Waals surface area contributed by atoms with Crippen molar-refractivity contribution in [3.05, 3.63) is 35.9 Å². The zero-order valence-corrected chi connectivity index (χ0v) is 11.8. The van der Waals surface area contributed by atoms with Gasteiger partial charge in [-0.3, -0.25) is 4.79 Å². The summed E-state index contributed by atoms with van der Waals surface area (Å²) in [7, 11) is 0. The summed E-state index contributed by atoms with van der Waals surface area (Å²) >= 11 is 0. The van der Waals surface area contributed by atoms with Crippen LogP contribution in [0.1, 0.15) is 56.9 Å². The second-order valence-electron chi connectivity index (χ2n) is 6.39. The fraction of sp³-hybridized carbons (Fsp3) is 0.611. The Kier molecular flexibility index (Phi) is 3.72. The molecule has 1 aromatic rings. The van der Waals surface area contributed by atoms with Gasteiger partial charge in [0.2, 0.25) is 0 Å². The molecule has 1 heteroatoms. The normalized spacial score (nSPS) is 33.9. The highest BCUT2D eigenvalue weighted by atomic mass is 16.1. The van der Waals surface area contributed by atoms with Gasteiger partial charge in [0.1, 0.15) is 5.78 Å². The molecule has 2 fully saturated rings. The molecule has 2 aliphatic rings.